The molecule has 0 spiro atoms. The van der Waals surface area contributed by atoms with Crippen molar-refractivity contribution in [1.82, 2.24) is 10.3 Å². The van der Waals surface area contributed by atoms with Crippen molar-refractivity contribution in [3.63, 3.8) is 0 Å². The van der Waals surface area contributed by atoms with Crippen molar-refractivity contribution in [2.45, 2.75) is 45.8 Å². The number of hydrogen-bond donors (Lipinski definition) is 3. The molecule has 1 aliphatic heterocycles. The average molecular weight is 340 g/mol. The highest BCUT2D eigenvalue weighted by atomic mass is 16.5. The Labute approximate surface area is 140 Å². The maximum atomic E-state index is 9.64. The number of carbonyl (C=O) groups is 2. The van der Waals surface area contributed by atoms with E-state index in [9.17, 15) is 9.59 Å². The fourth-order valence-corrected chi connectivity index (χ4v) is 1.74. The lowest BCUT2D eigenvalue weighted by atomic mass is 10.2. The summed E-state index contributed by atoms with van der Waals surface area (Å²) in [5, 5.41) is 19.1. The monoisotopic (exact) mass is 340 g/mol. The molecule has 24 heavy (non-hydrogen) atoms. The molecule has 0 aliphatic carbocycles. The number of hydrogen-bond acceptors (Lipinski definition) is 6. The summed E-state index contributed by atoms with van der Waals surface area (Å²) in [5.41, 5.74) is 0.850. The summed E-state index contributed by atoms with van der Waals surface area (Å²) < 4.78 is 11.2. The third-order valence-electron chi connectivity index (χ3n) is 2.71. The van der Waals surface area contributed by atoms with Gasteiger partial charge < -0.3 is 25.0 Å². The quantitative estimate of drug-likeness (QED) is 0.757. The van der Waals surface area contributed by atoms with E-state index < -0.39 is 11.9 Å². The highest BCUT2D eigenvalue weighted by Crippen LogP contribution is 2.23. The largest absolute Gasteiger partial charge is 0.481 e. The molecule has 1 aromatic heterocycles. The van der Waals surface area contributed by atoms with E-state index in [2.05, 4.69) is 10.3 Å². The molecule has 0 unspecified atom stereocenters. The molecule has 1 aliphatic rings. The van der Waals surface area contributed by atoms with E-state index in [1.54, 1.807) is 0 Å². The molecule has 8 nitrogen and oxygen atoms in total. The molecule has 0 saturated carbocycles. The first-order chi connectivity index (χ1) is 11.2. The molecule has 8 heteroatoms. The van der Waals surface area contributed by atoms with Gasteiger partial charge in [-0.15, -0.1) is 0 Å². The zero-order valence-electron chi connectivity index (χ0n) is 14.2. The second-order valence-corrected chi connectivity index (χ2v) is 6.14. The first-order valence-corrected chi connectivity index (χ1v) is 7.63. The van der Waals surface area contributed by atoms with Gasteiger partial charge in [-0.1, -0.05) is 0 Å². The van der Waals surface area contributed by atoms with Crippen LogP contribution in [0.3, 0.4) is 0 Å². The molecule has 0 atom stereocenters. The van der Waals surface area contributed by atoms with E-state index in [0.717, 1.165) is 18.7 Å². The summed E-state index contributed by atoms with van der Waals surface area (Å²) in [5.74, 6) is -0.847. The highest BCUT2D eigenvalue weighted by molar-refractivity contribution is 5.75. The predicted octanol–water partition coefficient (Wildman–Crippen LogP) is 1.68. The second-order valence-electron chi connectivity index (χ2n) is 6.14. The maximum Gasteiger partial charge on any atom is 0.303 e. The van der Waals surface area contributed by atoms with Gasteiger partial charge in [-0.3, -0.25) is 9.59 Å². The minimum Gasteiger partial charge on any atom is -0.481 e. The number of nitrogens with one attached hydrogen (secondary N) is 1. The Morgan fingerprint density at radius 2 is 1.88 bits per heavy atom. The minimum atomic E-state index is -1.08. The SMILES string of the molecule is CC(C)(C)Oc1ccc2c(n1)OCCNC2.O=C(O)CCC(=O)O. The highest BCUT2D eigenvalue weighted by Gasteiger charge is 2.16. The van der Waals surface area contributed by atoms with E-state index in [1.807, 2.05) is 32.9 Å². The van der Waals surface area contributed by atoms with Crippen LogP contribution in [-0.2, 0) is 16.1 Å². The van der Waals surface area contributed by atoms with Crippen LogP contribution in [0.1, 0.15) is 39.2 Å². The van der Waals surface area contributed by atoms with E-state index in [4.69, 9.17) is 19.7 Å². The topological polar surface area (TPSA) is 118 Å². The molecule has 3 N–H and O–H groups in total. The lowest BCUT2D eigenvalue weighted by Crippen LogP contribution is -2.23. The molecule has 1 aromatic rings. The van der Waals surface area contributed by atoms with Gasteiger partial charge >= 0.3 is 11.9 Å². The van der Waals surface area contributed by atoms with Crippen molar-refractivity contribution in [2.75, 3.05) is 13.2 Å². The average Bonchev–Trinajstić information content (AvgIpc) is 2.69. The first-order valence-electron chi connectivity index (χ1n) is 7.63. The predicted molar refractivity (Wildman–Crippen MR) is 86.3 cm³/mol. The smallest absolute Gasteiger partial charge is 0.303 e. The van der Waals surface area contributed by atoms with Crippen LogP contribution in [0.25, 0.3) is 0 Å². The molecule has 134 valence electrons. The van der Waals surface area contributed by atoms with Gasteiger partial charge in [0.25, 0.3) is 0 Å². The van der Waals surface area contributed by atoms with Gasteiger partial charge in [0, 0.05) is 24.7 Å². The van der Waals surface area contributed by atoms with Gasteiger partial charge in [0.15, 0.2) is 0 Å². The summed E-state index contributed by atoms with van der Waals surface area (Å²) in [6.45, 7) is 8.32. The Hall–Kier alpha value is -2.35. The molecule has 0 aromatic carbocycles. The first kappa shape index (κ1) is 19.7. The van der Waals surface area contributed by atoms with Crippen LogP contribution < -0.4 is 14.8 Å². The standard InChI is InChI=1S/C12H18N2O2.C4H6O4/c1-12(2,3)16-10-5-4-9-8-13-6-7-15-11(9)14-10;5-3(6)1-2-4(7)8/h4-5,13H,6-8H2,1-3H3;1-2H2,(H,5,6)(H,7,8). The second kappa shape index (κ2) is 9.07. The van der Waals surface area contributed by atoms with Crippen molar-refractivity contribution in [3.8, 4) is 11.8 Å². The van der Waals surface area contributed by atoms with Gasteiger partial charge in [0.2, 0.25) is 11.8 Å². The third kappa shape index (κ3) is 8.33. The van der Waals surface area contributed by atoms with Crippen LogP contribution >= 0.6 is 0 Å². The van der Waals surface area contributed by atoms with Gasteiger partial charge in [0.1, 0.15) is 12.2 Å². The summed E-state index contributed by atoms with van der Waals surface area (Å²) >= 11 is 0. The van der Waals surface area contributed by atoms with Crippen molar-refractivity contribution in [1.29, 1.82) is 0 Å². The van der Waals surface area contributed by atoms with Crippen molar-refractivity contribution >= 4 is 11.9 Å². The summed E-state index contributed by atoms with van der Waals surface area (Å²) in [6.07, 6.45) is -0.593. The Morgan fingerprint density at radius 3 is 2.42 bits per heavy atom. The van der Waals surface area contributed by atoms with E-state index >= 15 is 0 Å². The van der Waals surface area contributed by atoms with Crippen LogP contribution in [0.2, 0.25) is 0 Å². The number of aromatic nitrogens is 1. The lowest BCUT2D eigenvalue weighted by molar-refractivity contribution is -0.143. The Balaban J connectivity index is 0.000000307. The van der Waals surface area contributed by atoms with Crippen LogP contribution in [0.15, 0.2) is 12.1 Å². The molecule has 2 rings (SSSR count). The Morgan fingerprint density at radius 1 is 1.25 bits per heavy atom. The maximum absolute atomic E-state index is 9.64. The zero-order valence-corrected chi connectivity index (χ0v) is 14.2. The molecule has 0 fully saturated rings. The molecule has 0 amide bonds. The third-order valence-corrected chi connectivity index (χ3v) is 2.71. The van der Waals surface area contributed by atoms with Gasteiger partial charge in [-0.2, -0.15) is 4.98 Å². The number of rotatable bonds is 4. The number of carboxylic acid groups (broad SMARTS) is 2. The summed E-state index contributed by atoms with van der Waals surface area (Å²) in [7, 11) is 0. The van der Waals surface area contributed by atoms with Gasteiger partial charge in [-0.05, 0) is 26.8 Å². The Kier molecular flexibility index (Phi) is 7.44. The van der Waals surface area contributed by atoms with E-state index in [-0.39, 0.29) is 18.4 Å². The van der Waals surface area contributed by atoms with Crippen molar-refractivity contribution in [2.24, 2.45) is 0 Å². The number of aliphatic carboxylic acids is 2. The van der Waals surface area contributed by atoms with E-state index in [0.29, 0.717) is 18.4 Å². The Bertz CT molecular complexity index is 554. The molecule has 2 heterocycles. The molecule has 0 saturated heterocycles. The molecule has 0 bridgehead atoms. The normalized spacial score (nSPS) is 13.5. The van der Waals surface area contributed by atoms with Gasteiger partial charge in [-0.25, -0.2) is 0 Å². The van der Waals surface area contributed by atoms with Crippen LogP contribution in [0.5, 0.6) is 11.8 Å². The van der Waals surface area contributed by atoms with Crippen molar-refractivity contribution < 1.29 is 29.3 Å². The minimum absolute atomic E-state index is 0.232. The molecular formula is C16H24N2O6. The summed E-state index contributed by atoms with van der Waals surface area (Å²) in [4.78, 5) is 23.7. The molecular weight excluding hydrogens is 316 g/mol. The number of carboxylic acids is 2. The number of nitrogens with zero attached hydrogens (tertiary/aromatic N) is 1. The van der Waals surface area contributed by atoms with Crippen molar-refractivity contribution in [3.05, 3.63) is 17.7 Å². The number of fused-ring (bicyclic) bond motifs is 1. The fraction of sp³-hybridized carbons (Fsp3) is 0.562. The van der Waals surface area contributed by atoms with Crippen LogP contribution in [0, 0.1) is 0 Å². The fourth-order valence-electron chi connectivity index (χ4n) is 1.74. The van der Waals surface area contributed by atoms with Gasteiger partial charge in [0.05, 0.1) is 12.8 Å². The molecule has 0 radical (unpaired) electrons. The van der Waals surface area contributed by atoms with Crippen LogP contribution in [-0.4, -0.2) is 45.9 Å². The van der Waals surface area contributed by atoms with Crippen LogP contribution in [0.4, 0.5) is 0 Å². The summed E-state index contributed by atoms with van der Waals surface area (Å²) in [6, 6.07) is 3.89. The van der Waals surface area contributed by atoms with E-state index in [1.165, 1.54) is 0 Å². The number of pyridine rings is 1. The zero-order chi connectivity index (χ0) is 18.2. The number of ether oxygens (including phenoxy) is 2. The lowest BCUT2D eigenvalue weighted by Gasteiger charge is -2.20.